The molecule has 0 aliphatic carbocycles. The van der Waals surface area contributed by atoms with Crippen LogP contribution in [0.1, 0.15) is 0 Å². The summed E-state index contributed by atoms with van der Waals surface area (Å²) in [6.07, 6.45) is 1.34. The van der Waals surface area contributed by atoms with Crippen LogP contribution in [0.4, 0.5) is 0 Å². The Hall–Kier alpha value is -1.33. The number of rotatable bonds is 5. The Bertz CT molecular complexity index is 104. The van der Waals surface area contributed by atoms with Crippen LogP contribution in [-0.4, -0.2) is 24.6 Å². The minimum Gasteiger partial charge on any atom is -0.346 e. The van der Waals surface area contributed by atoms with Crippen molar-refractivity contribution in [2.75, 3.05) is 13.2 Å². The normalized spacial score (nSPS) is 8.00. The monoisotopic (exact) mass is 133 g/mol. The van der Waals surface area contributed by atoms with Crippen molar-refractivity contribution >= 4 is 6.41 Å². The molecule has 0 aliphatic rings. The first kappa shape index (κ1) is 7.67. The van der Waals surface area contributed by atoms with Gasteiger partial charge in [0.2, 0.25) is 0 Å². The Morgan fingerprint density at radius 3 is 2.89 bits per heavy atom. The summed E-state index contributed by atoms with van der Waals surface area (Å²) in [5.41, 5.74) is 0. The molecule has 0 aromatic rings. The zero-order valence-corrected chi connectivity index (χ0v) is 4.49. The molecule has 6 heteroatoms. The molecule has 1 radical (unpaired) electrons. The van der Waals surface area contributed by atoms with E-state index in [1.165, 1.54) is 6.41 Å². The molecule has 0 bridgehead atoms. The fourth-order valence-electron chi connectivity index (χ4n) is 0.222. The molecule has 0 atom stereocenters. The molecular weight excluding hydrogens is 128 g/mol. The average Bonchev–Trinajstić information content (AvgIpc) is 1.80. The summed E-state index contributed by atoms with van der Waals surface area (Å²) in [6.45, 7) is -0.0350. The van der Waals surface area contributed by atoms with Crippen LogP contribution in [0, 0.1) is 10.1 Å². The molecule has 1 amide bonds. The maximum Gasteiger partial charge on any atom is 0.309 e. The van der Waals surface area contributed by atoms with E-state index in [0.717, 1.165) is 0 Å². The van der Waals surface area contributed by atoms with Gasteiger partial charge in [-0.2, -0.15) is 0 Å². The lowest BCUT2D eigenvalue weighted by atomic mass is 10.7. The summed E-state index contributed by atoms with van der Waals surface area (Å²) in [5, 5.41) is 10.6. The lowest BCUT2D eigenvalue weighted by Gasteiger charge is -1.93. The van der Waals surface area contributed by atoms with Crippen molar-refractivity contribution in [2.45, 2.75) is 0 Å². The van der Waals surface area contributed by atoms with E-state index in [4.69, 9.17) is 0 Å². The summed E-state index contributed by atoms with van der Waals surface area (Å²) in [5.74, 6) is 0. The molecule has 6 nitrogen and oxygen atoms in total. The van der Waals surface area contributed by atoms with E-state index in [2.05, 4.69) is 10.2 Å². The fourth-order valence-corrected chi connectivity index (χ4v) is 0.222. The Morgan fingerprint density at radius 1 is 1.78 bits per heavy atom. The third kappa shape index (κ3) is 6.67. The van der Waals surface area contributed by atoms with E-state index in [1.807, 2.05) is 0 Å². The standard InChI is InChI=1S/C3H5N2O4/c6-3-4-1-2-9-5(7)8/h1-2H2,(H,4,6). The van der Waals surface area contributed by atoms with Crippen LogP contribution in [0.15, 0.2) is 0 Å². The van der Waals surface area contributed by atoms with Gasteiger partial charge in [0.1, 0.15) is 6.61 Å². The molecular formula is C3H5N2O4. The van der Waals surface area contributed by atoms with Crippen LogP contribution in [0.2, 0.25) is 0 Å². The summed E-state index contributed by atoms with van der Waals surface area (Å²) >= 11 is 0. The molecule has 9 heavy (non-hydrogen) atoms. The Morgan fingerprint density at radius 2 is 2.44 bits per heavy atom. The minimum absolute atomic E-state index is 0.102. The lowest BCUT2D eigenvalue weighted by Crippen LogP contribution is -2.18. The van der Waals surface area contributed by atoms with Gasteiger partial charge in [-0.1, -0.05) is 0 Å². The van der Waals surface area contributed by atoms with Crippen LogP contribution in [-0.2, 0) is 9.63 Å². The van der Waals surface area contributed by atoms with Gasteiger partial charge in [-0.3, -0.25) is 4.79 Å². The first-order valence-electron chi connectivity index (χ1n) is 2.14. The van der Waals surface area contributed by atoms with Crippen LogP contribution >= 0.6 is 0 Å². The smallest absolute Gasteiger partial charge is 0.309 e. The molecule has 0 spiro atoms. The maximum absolute atomic E-state index is 9.42. The van der Waals surface area contributed by atoms with E-state index in [1.54, 1.807) is 0 Å². The van der Waals surface area contributed by atoms with Gasteiger partial charge in [-0.25, -0.2) is 0 Å². The molecule has 0 saturated carbocycles. The number of hydrogen-bond donors (Lipinski definition) is 1. The molecule has 0 aromatic carbocycles. The molecule has 1 N–H and O–H groups in total. The zero-order chi connectivity index (χ0) is 7.11. The van der Waals surface area contributed by atoms with Gasteiger partial charge in [-0.05, 0) is 0 Å². The maximum atomic E-state index is 9.42. The Kier molecular flexibility index (Phi) is 4.11. The summed E-state index contributed by atoms with van der Waals surface area (Å²) in [6, 6.07) is 0. The van der Waals surface area contributed by atoms with Gasteiger partial charge in [0, 0.05) is 6.54 Å². The van der Waals surface area contributed by atoms with Crippen molar-refractivity contribution in [2.24, 2.45) is 0 Å². The molecule has 0 heterocycles. The summed E-state index contributed by atoms with van der Waals surface area (Å²) in [7, 11) is 0. The van der Waals surface area contributed by atoms with E-state index in [-0.39, 0.29) is 13.2 Å². The number of nitrogens with one attached hydrogen (secondary N) is 1. The van der Waals surface area contributed by atoms with Crippen LogP contribution in [0.5, 0.6) is 0 Å². The number of nitrogens with zero attached hydrogens (tertiary/aromatic N) is 1. The number of amides is 1. The second-order valence-corrected chi connectivity index (χ2v) is 1.09. The van der Waals surface area contributed by atoms with Crippen LogP contribution in [0.3, 0.4) is 0 Å². The molecule has 0 saturated heterocycles. The average molecular weight is 133 g/mol. The van der Waals surface area contributed by atoms with Crippen molar-refractivity contribution < 1.29 is 14.7 Å². The quantitative estimate of drug-likeness (QED) is 0.222. The second-order valence-electron chi connectivity index (χ2n) is 1.09. The van der Waals surface area contributed by atoms with Crippen molar-refractivity contribution in [1.82, 2.24) is 5.32 Å². The molecule has 0 unspecified atom stereocenters. The van der Waals surface area contributed by atoms with E-state index in [9.17, 15) is 14.9 Å². The topological polar surface area (TPSA) is 81.5 Å². The lowest BCUT2D eigenvalue weighted by molar-refractivity contribution is -0.757. The third-order valence-corrected chi connectivity index (χ3v) is 0.496. The van der Waals surface area contributed by atoms with Crippen molar-refractivity contribution in [3.05, 3.63) is 10.1 Å². The van der Waals surface area contributed by atoms with Gasteiger partial charge >= 0.3 is 6.41 Å². The number of carbonyl (C=O) groups excluding carboxylic acids is 1. The predicted molar refractivity (Wildman–Crippen MR) is 26.6 cm³/mol. The molecule has 0 fully saturated rings. The van der Waals surface area contributed by atoms with Crippen molar-refractivity contribution in [3.8, 4) is 0 Å². The van der Waals surface area contributed by atoms with E-state index >= 15 is 0 Å². The highest BCUT2D eigenvalue weighted by atomic mass is 16.9. The predicted octanol–water partition coefficient (Wildman–Crippen LogP) is -1.15. The first-order chi connectivity index (χ1) is 4.27. The van der Waals surface area contributed by atoms with E-state index in [0.29, 0.717) is 0 Å². The fraction of sp³-hybridized carbons (Fsp3) is 0.667. The molecule has 0 aromatic heterocycles. The van der Waals surface area contributed by atoms with Gasteiger partial charge in [0.25, 0.3) is 5.09 Å². The number of hydrogen-bond acceptors (Lipinski definition) is 4. The zero-order valence-electron chi connectivity index (χ0n) is 4.49. The third-order valence-electron chi connectivity index (χ3n) is 0.496. The summed E-state index contributed by atoms with van der Waals surface area (Å²) < 4.78 is 0. The molecule has 0 rings (SSSR count). The van der Waals surface area contributed by atoms with Gasteiger partial charge in [-0.15, -0.1) is 10.1 Å². The highest BCUT2D eigenvalue weighted by molar-refractivity contribution is 5.46. The van der Waals surface area contributed by atoms with E-state index < -0.39 is 5.09 Å². The molecule has 0 aliphatic heterocycles. The Balaban J connectivity index is 2.91. The van der Waals surface area contributed by atoms with Crippen LogP contribution < -0.4 is 5.32 Å². The SMILES string of the molecule is O=[C]NCCO[N+](=O)[O-]. The van der Waals surface area contributed by atoms with Crippen molar-refractivity contribution in [1.29, 1.82) is 0 Å². The van der Waals surface area contributed by atoms with Crippen LogP contribution in [0.25, 0.3) is 0 Å². The first-order valence-corrected chi connectivity index (χ1v) is 2.14. The van der Waals surface area contributed by atoms with Gasteiger partial charge < -0.3 is 10.2 Å². The highest BCUT2D eigenvalue weighted by Crippen LogP contribution is 1.69. The second kappa shape index (κ2) is 4.82. The van der Waals surface area contributed by atoms with Gasteiger partial charge in [0.15, 0.2) is 0 Å². The van der Waals surface area contributed by atoms with Gasteiger partial charge in [0.05, 0.1) is 0 Å². The highest BCUT2D eigenvalue weighted by Gasteiger charge is 1.91. The van der Waals surface area contributed by atoms with Crippen molar-refractivity contribution in [3.63, 3.8) is 0 Å². The largest absolute Gasteiger partial charge is 0.346 e. The Labute approximate surface area is 50.9 Å². The summed E-state index contributed by atoms with van der Waals surface area (Å²) in [4.78, 5) is 22.6. The molecule has 51 valence electrons. The minimum atomic E-state index is -0.924.